The van der Waals surface area contributed by atoms with E-state index < -0.39 is 0 Å². The van der Waals surface area contributed by atoms with Crippen molar-refractivity contribution in [1.29, 1.82) is 0 Å². The normalized spacial score (nSPS) is 21.3. The summed E-state index contributed by atoms with van der Waals surface area (Å²) in [6.45, 7) is 2.03. The van der Waals surface area contributed by atoms with Gasteiger partial charge in [-0.3, -0.25) is 0 Å². The van der Waals surface area contributed by atoms with E-state index in [9.17, 15) is 0 Å². The van der Waals surface area contributed by atoms with Gasteiger partial charge in [0.25, 0.3) is 0 Å². The Bertz CT molecular complexity index is 310. The fourth-order valence-corrected chi connectivity index (χ4v) is 2.02. The van der Waals surface area contributed by atoms with Crippen LogP contribution < -0.4 is 10.6 Å². The number of hydrogen-bond donors (Lipinski definition) is 2. The van der Waals surface area contributed by atoms with E-state index >= 15 is 0 Å². The van der Waals surface area contributed by atoms with Crippen molar-refractivity contribution in [3.8, 4) is 0 Å². The summed E-state index contributed by atoms with van der Waals surface area (Å²) < 4.78 is 0. The second kappa shape index (κ2) is 5.33. The molecule has 0 saturated carbocycles. The van der Waals surface area contributed by atoms with Gasteiger partial charge < -0.3 is 10.6 Å². The number of hydrogen-bond acceptors (Lipinski definition) is 3. The largest absolute Gasteiger partial charge is 0.367 e. The first-order chi connectivity index (χ1) is 7.36. The zero-order valence-corrected chi connectivity index (χ0v) is 9.43. The average molecular weight is 226 g/mol. The summed E-state index contributed by atoms with van der Waals surface area (Å²) in [4.78, 5) is 4.19. The third kappa shape index (κ3) is 3.08. The lowest BCUT2D eigenvalue weighted by Crippen LogP contribution is -2.39. The maximum absolute atomic E-state index is 6.00. The van der Waals surface area contributed by atoms with Gasteiger partial charge in [0.15, 0.2) is 0 Å². The van der Waals surface area contributed by atoms with Crippen molar-refractivity contribution < 1.29 is 0 Å². The molecule has 0 spiro atoms. The topological polar surface area (TPSA) is 37.0 Å². The van der Waals surface area contributed by atoms with Gasteiger partial charge in [-0.15, -0.1) is 0 Å². The molecule has 2 rings (SSSR count). The molecule has 0 bridgehead atoms. The summed E-state index contributed by atoms with van der Waals surface area (Å²) in [5.74, 6) is 0.784. The van der Waals surface area contributed by atoms with E-state index in [1.807, 2.05) is 12.1 Å². The summed E-state index contributed by atoms with van der Waals surface area (Å²) in [5, 5.41) is 7.44. The standard InChI is InChI=1S/C11H16ClN3/c12-10-5-3-7-14-11(10)15-8-9-4-1-2-6-13-9/h3,5,7,9,13H,1-2,4,6,8H2,(H,14,15). The first kappa shape index (κ1) is 10.7. The van der Waals surface area contributed by atoms with Gasteiger partial charge in [-0.05, 0) is 31.5 Å². The van der Waals surface area contributed by atoms with Crippen LogP contribution in [0.4, 0.5) is 5.82 Å². The first-order valence-corrected chi connectivity index (χ1v) is 5.82. The van der Waals surface area contributed by atoms with Crippen LogP contribution in [0.5, 0.6) is 0 Å². The zero-order chi connectivity index (χ0) is 10.5. The number of halogens is 1. The molecule has 0 aliphatic carbocycles. The lowest BCUT2D eigenvalue weighted by molar-refractivity contribution is 0.414. The Labute approximate surface area is 95.2 Å². The molecule has 1 aromatic rings. The number of anilines is 1. The lowest BCUT2D eigenvalue weighted by Gasteiger charge is -2.23. The Morgan fingerprint density at radius 3 is 3.20 bits per heavy atom. The van der Waals surface area contributed by atoms with E-state index in [-0.39, 0.29) is 0 Å². The number of rotatable bonds is 3. The van der Waals surface area contributed by atoms with Gasteiger partial charge >= 0.3 is 0 Å². The van der Waals surface area contributed by atoms with Crippen LogP contribution >= 0.6 is 11.6 Å². The third-order valence-electron chi connectivity index (χ3n) is 2.69. The fourth-order valence-electron chi connectivity index (χ4n) is 1.83. The zero-order valence-electron chi connectivity index (χ0n) is 8.67. The van der Waals surface area contributed by atoms with Crippen LogP contribution in [0.1, 0.15) is 19.3 Å². The van der Waals surface area contributed by atoms with E-state index in [4.69, 9.17) is 11.6 Å². The highest BCUT2D eigenvalue weighted by Crippen LogP contribution is 2.17. The molecule has 1 fully saturated rings. The number of nitrogens with one attached hydrogen (secondary N) is 2. The van der Waals surface area contributed by atoms with Crippen molar-refractivity contribution in [2.75, 3.05) is 18.4 Å². The van der Waals surface area contributed by atoms with Crippen LogP contribution in [0.25, 0.3) is 0 Å². The van der Waals surface area contributed by atoms with Crippen molar-refractivity contribution >= 4 is 17.4 Å². The minimum absolute atomic E-state index is 0.553. The molecule has 0 amide bonds. The highest BCUT2D eigenvalue weighted by Gasteiger charge is 2.12. The molecule has 3 nitrogen and oxygen atoms in total. The smallest absolute Gasteiger partial charge is 0.144 e. The van der Waals surface area contributed by atoms with Crippen molar-refractivity contribution in [2.24, 2.45) is 0 Å². The van der Waals surface area contributed by atoms with Crippen molar-refractivity contribution in [1.82, 2.24) is 10.3 Å². The Kier molecular flexibility index (Phi) is 3.80. The van der Waals surface area contributed by atoms with Gasteiger partial charge in [0.2, 0.25) is 0 Å². The van der Waals surface area contributed by atoms with Gasteiger partial charge in [0, 0.05) is 18.8 Å². The Balaban J connectivity index is 1.84. The quantitative estimate of drug-likeness (QED) is 0.829. The number of pyridine rings is 1. The maximum atomic E-state index is 6.00. The first-order valence-electron chi connectivity index (χ1n) is 5.44. The predicted octanol–water partition coefficient (Wildman–Crippen LogP) is 2.29. The van der Waals surface area contributed by atoms with Crippen LogP contribution in [0.3, 0.4) is 0 Å². The second-order valence-corrected chi connectivity index (χ2v) is 4.27. The highest BCUT2D eigenvalue weighted by atomic mass is 35.5. The molecule has 15 heavy (non-hydrogen) atoms. The van der Waals surface area contributed by atoms with Crippen LogP contribution in [-0.2, 0) is 0 Å². The molecule has 1 aliphatic heterocycles. The predicted molar refractivity (Wildman–Crippen MR) is 63.4 cm³/mol. The molecule has 2 heterocycles. The number of aromatic nitrogens is 1. The summed E-state index contributed by atoms with van der Waals surface area (Å²) in [6, 6.07) is 4.24. The monoisotopic (exact) mass is 225 g/mol. The molecule has 1 aromatic heterocycles. The molecule has 1 aliphatic rings. The minimum atomic E-state index is 0.553. The molecular weight excluding hydrogens is 210 g/mol. The molecular formula is C11H16ClN3. The molecule has 1 unspecified atom stereocenters. The van der Waals surface area contributed by atoms with E-state index in [2.05, 4.69) is 15.6 Å². The minimum Gasteiger partial charge on any atom is -0.367 e. The third-order valence-corrected chi connectivity index (χ3v) is 2.99. The molecule has 1 saturated heterocycles. The van der Waals surface area contributed by atoms with Crippen molar-refractivity contribution in [3.63, 3.8) is 0 Å². The Morgan fingerprint density at radius 1 is 1.53 bits per heavy atom. The van der Waals surface area contributed by atoms with E-state index in [1.54, 1.807) is 6.20 Å². The van der Waals surface area contributed by atoms with Crippen LogP contribution in [-0.4, -0.2) is 24.1 Å². The summed E-state index contributed by atoms with van der Waals surface area (Å²) in [7, 11) is 0. The highest BCUT2D eigenvalue weighted by molar-refractivity contribution is 6.32. The summed E-state index contributed by atoms with van der Waals surface area (Å²) >= 11 is 6.00. The molecule has 2 N–H and O–H groups in total. The molecule has 1 atom stereocenters. The van der Waals surface area contributed by atoms with Crippen LogP contribution in [0.15, 0.2) is 18.3 Å². The van der Waals surface area contributed by atoms with Crippen molar-refractivity contribution in [2.45, 2.75) is 25.3 Å². The fraction of sp³-hybridized carbons (Fsp3) is 0.545. The maximum Gasteiger partial charge on any atom is 0.144 e. The van der Waals surface area contributed by atoms with Gasteiger partial charge in [-0.2, -0.15) is 0 Å². The average Bonchev–Trinajstić information content (AvgIpc) is 2.29. The van der Waals surface area contributed by atoms with Gasteiger partial charge in [-0.1, -0.05) is 18.0 Å². The van der Waals surface area contributed by atoms with Gasteiger partial charge in [-0.25, -0.2) is 4.98 Å². The molecule has 4 heteroatoms. The molecule has 0 aromatic carbocycles. The molecule has 82 valence electrons. The van der Waals surface area contributed by atoms with Gasteiger partial charge in [0.1, 0.15) is 5.82 Å². The van der Waals surface area contributed by atoms with E-state index in [1.165, 1.54) is 19.3 Å². The van der Waals surface area contributed by atoms with Crippen LogP contribution in [0, 0.1) is 0 Å². The summed E-state index contributed by atoms with van der Waals surface area (Å²) in [5.41, 5.74) is 0. The molecule has 0 radical (unpaired) electrons. The van der Waals surface area contributed by atoms with Crippen molar-refractivity contribution in [3.05, 3.63) is 23.4 Å². The van der Waals surface area contributed by atoms with E-state index in [0.717, 1.165) is 18.9 Å². The Morgan fingerprint density at radius 2 is 2.47 bits per heavy atom. The van der Waals surface area contributed by atoms with Crippen LogP contribution in [0.2, 0.25) is 5.02 Å². The summed E-state index contributed by atoms with van der Waals surface area (Å²) in [6.07, 6.45) is 5.59. The van der Waals surface area contributed by atoms with E-state index in [0.29, 0.717) is 11.1 Å². The number of piperidine rings is 1. The Hall–Kier alpha value is -0.800. The van der Waals surface area contributed by atoms with Gasteiger partial charge in [0.05, 0.1) is 5.02 Å². The second-order valence-electron chi connectivity index (χ2n) is 3.86. The SMILES string of the molecule is Clc1cccnc1NCC1CCCCN1. The lowest BCUT2D eigenvalue weighted by atomic mass is 10.1. The number of nitrogens with zero attached hydrogens (tertiary/aromatic N) is 1.